The molecule has 2 atom stereocenters. The van der Waals surface area contributed by atoms with Crippen LogP contribution in [0.25, 0.3) is 0 Å². The van der Waals surface area contributed by atoms with Crippen molar-refractivity contribution in [3.63, 3.8) is 0 Å². The van der Waals surface area contributed by atoms with Crippen molar-refractivity contribution in [1.29, 1.82) is 5.26 Å². The molecule has 1 saturated carbocycles. The Balaban J connectivity index is 1.34. The first-order valence-electron chi connectivity index (χ1n) is 9.13. The maximum absolute atomic E-state index is 12.8. The molecular weight excluding hydrogens is 324 g/mol. The van der Waals surface area contributed by atoms with Gasteiger partial charge in [0, 0.05) is 38.3 Å². The summed E-state index contributed by atoms with van der Waals surface area (Å²) in [6.45, 7) is 5.16. The highest BCUT2D eigenvalue weighted by atomic mass is 16.2. The molecule has 0 unspecified atom stereocenters. The van der Waals surface area contributed by atoms with Crippen molar-refractivity contribution in [2.45, 2.75) is 19.3 Å². The molecule has 2 aliphatic rings. The van der Waals surface area contributed by atoms with Crippen molar-refractivity contribution in [2.75, 3.05) is 31.1 Å². The molecule has 5 nitrogen and oxygen atoms in total. The number of carbonyl (C=O) groups is 1. The zero-order chi connectivity index (χ0) is 18.1. The molecule has 2 heterocycles. The second-order valence-corrected chi connectivity index (χ2v) is 7.13. The average molecular weight is 346 g/mol. The fourth-order valence-corrected chi connectivity index (χ4v) is 3.84. The fourth-order valence-electron chi connectivity index (χ4n) is 3.84. The summed E-state index contributed by atoms with van der Waals surface area (Å²) >= 11 is 0. The van der Waals surface area contributed by atoms with E-state index in [9.17, 15) is 4.79 Å². The molecule has 1 saturated heterocycles. The highest BCUT2D eigenvalue weighted by Crippen LogP contribution is 2.49. The molecule has 0 N–H and O–H groups in total. The molecule has 2 fully saturated rings. The number of piperazine rings is 1. The SMILES string of the molecule is Cc1ccccc1[C@H]1C[C@H]1C(=O)N1CCN(c2ccc(C#N)cn2)CC1. The summed E-state index contributed by atoms with van der Waals surface area (Å²) in [7, 11) is 0. The van der Waals surface area contributed by atoms with Crippen LogP contribution >= 0.6 is 0 Å². The Hall–Kier alpha value is -2.87. The Labute approximate surface area is 153 Å². The van der Waals surface area contributed by atoms with Gasteiger partial charge in [0.2, 0.25) is 5.91 Å². The van der Waals surface area contributed by atoms with E-state index in [2.05, 4.69) is 47.1 Å². The Morgan fingerprint density at radius 2 is 1.92 bits per heavy atom. The number of amides is 1. The molecule has 26 heavy (non-hydrogen) atoms. The zero-order valence-electron chi connectivity index (χ0n) is 14.9. The first-order chi connectivity index (χ1) is 12.7. The van der Waals surface area contributed by atoms with E-state index in [0.717, 1.165) is 38.4 Å². The highest BCUT2D eigenvalue weighted by Gasteiger charge is 2.46. The van der Waals surface area contributed by atoms with Crippen LogP contribution in [0.4, 0.5) is 5.82 Å². The number of benzene rings is 1. The van der Waals surface area contributed by atoms with Crippen LogP contribution in [-0.2, 0) is 4.79 Å². The minimum atomic E-state index is 0.149. The van der Waals surface area contributed by atoms with Gasteiger partial charge in [0.15, 0.2) is 0 Å². The van der Waals surface area contributed by atoms with E-state index in [1.54, 1.807) is 12.3 Å². The molecule has 5 heteroatoms. The van der Waals surface area contributed by atoms with E-state index >= 15 is 0 Å². The van der Waals surface area contributed by atoms with Gasteiger partial charge in [-0.25, -0.2) is 4.98 Å². The first-order valence-corrected chi connectivity index (χ1v) is 9.13. The number of hydrogen-bond acceptors (Lipinski definition) is 4. The van der Waals surface area contributed by atoms with Crippen molar-refractivity contribution >= 4 is 11.7 Å². The smallest absolute Gasteiger partial charge is 0.226 e. The van der Waals surface area contributed by atoms with Crippen molar-refractivity contribution in [3.05, 3.63) is 59.3 Å². The number of nitriles is 1. The van der Waals surface area contributed by atoms with E-state index < -0.39 is 0 Å². The van der Waals surface area contributed by atoms with Crippen LogP contribution in [0.1, 0.15) is 29.0 Å². The van der Waals surface area contributed by atoms with Crippen LogP contribution in [0.2, 0.25) is 0 Å². The number of hydrogen-bond donors (Lipinski definition) is 0. The number of aryl methyl sites for hydroxylation is 1. The Morgan fingerprint density at radius 1 is 1.15 bits per heavy atom. The van der Waals surface area contributed by atoms with Crippen molar-refractivity contribution in [2.24, 2.45) is 5.92 Å². The molecule has 1 aliphatic heterocycles. The number of aromatic nitrogens is 1. The first kappa shape index (κ1) is 16.6. The maximum atomic E-state index is 12.8. The van der Waals surface area contributed by atoms with Gasteiger partial charge in [-0.05, 0) is 42.5 Å². The lowest BCUT2D eigenvalue weighted by Gasteiger charge is -2.35. The van der Waals surface area contributed by atoms with Gasteiger partial charge in [-0.15, -0.1) is 0 Å². The molecule has 1 amide bonds. The lowest BCUT2D eigenvalue weighted by atomic mass is 10.0. The van der Waals surface area contributed by atoms with Gasteiger partial charge in [0.1, 0.15) is 11.9 Å². The summed E-state index contributed by atoms with van der Waals surface area (Å²) in [5.74, 6) is 1.71. The third-order valence-corrected chi connectivity index (χ3v) is 5.49. The molecule has 0 spiro atoms. The Morgan fingerprint density at radius 3 is 2.58 bits per heavy atom. The van der Waals surface area contributed by atoms with Crippen molar-refractivity contribution < 1.29 is 4.79 Å². The van der Waals surface area contributed by atoms with Crippen molar-refractivity contribution in [1.82, 2.24) is 9.88 Å². The number of nitrogens with zero attached hydrogens (tertiary/aromatic N) is 4. The van der Waals surface area contributed by atoms with Crippen LogP contribution in [0.15, 0.2) is 42.6 Å². The predicted molar refractivity (Wildman–Crippen MR) is 99.8 cm³/mol. The van der Waals surface area contributed by atoms with E-state index in [1.165, 1.54) is 11.1 Å². The number of rotatable bonds is 3. The van der Waals surface area contributed by atoms with E-state index in [1.807, 2.05) is 11.0 Å². The summed E-state index contributed by atoms with van der Waals surface area (Å²) in [5, 5.41) is 8.87. The molecule has 1 aromatic heterocycles. The summed E-state index contributed by atoms with van der Waals surface area (Å²) in [6, 6.07) is 14.1. The number of carbonyl (C=O) groups excluding carboxylic acids is 1. The van der Waals surface area contributed by atoms with Crippen LogP contribution in [0, 0.1) is 24.2 Å². The van der Waals surface area contributed by atoms with Crippen LogP contribution < -0.4 is 4.90 Å². The minimum Gasteiger partial charge on any atom is -0.353 e. The van der Waals surface area contributed by atoms with E-state index in [0.29, 0.717) is 17.4 Å². The van der Waals surface area contributed by atoms with Gasteiger partial charge >= 0.3 is 0 Å². The summed E-state index contributed by atoms with van der Waals surface area (Å²) in [4.78, 5) is 21.4. The molecule has 4 rings (SSSR count). The topological polar surface area (TPSA) is 60.2 Å². The highest BCUT2D eigenvalue weighted by molar-refractivity contribution is 5.83. The molecular formula is C21H22N4O. The number of pyridine rings is 1. The molecule has 1 aliphatic carbocycles. The molecule has 1 aromatic carbocycles. The van der Waals surface area contributed by atoms with Gasteiger partial charge in [-0.2, -0.15) is 5.26 Å². The summed E-state index contributed by atoms with van der Waals surface area (Å²) in [5.41, 5.74) is 3.18. The Bertz CT molecular complexity index is 847. The van der Waals surface area contributed by atoms with Crippen LogP contribution in [0.5, 0.6) is 0 Å². The fraction of sp³-hybridized carbons (Fsp3) is 0.381. The van der Waals surface area contributed by atoms with E-state index in [4.69, 9.17) is 5.26 Å². The average Bonchev–Trinajstić information content (AvgIpc) is 3.48. The molecule has 2 aromatic rings. The van der Waals surface area contributed by atoms with Gasteiger partial charge in [0.25, 0.3) is 0 Å². The van der Waals surface area contributed by atoms with Crippen LogP contribution in [-0.4, -0.2) is 42.0 Å². The second-order valence-electron chi connectivity index (χ2n) is 7.13. The Kier molecular flexibility index (Phi) is 4.34. The third-order valence-electron chi connectivity index (χ3n) is 5.49. The van der Waals surface area contributed by atoms with E-state index in [-0.39, 0.29) is 5.92 Å². The van der Waals surface area contributed by atoms with Gasteiger partial charge in [0.05, 0.1) is 5.56 Å². The quantitative estimate of drug-likeness (QED) is 0.857. The summed E-state index contributed by atoms with van der Waals surface area (Å²) < 4.78 is 0. The lowest BCUT2D eigenvalue weighted by Crippen LogP contribution is -2.49. The molecule has 0 radical (unpaired) electrons. The summed E-state index contributed by atoms with van der Waals surface area (Å²) in [6.07, 6.45) is 2.57. The monoisotopic (exact) mass is 346 g/mol. The van der Waals surface area contributed by atoms with Gasteiger partial charge in [-0.1, -0.05) is 24.3 Å². The molecule has 0 bridgehead atoms. The van der Waals surface area contributed by atoms with Gasteiger partial charge in [-0.3, -0.25) is 4.79 Å². The normalized spacial score (nSPS) is 22.0. The third kappa shape index (κ3) is 3.15. The van der Waals surface area contributed by atoms with Gasteiger partial charge < -0.3 is 9.80 Å². The predicted octanol–water partition coefficient (Wildman–Crippen LogP) is 2.71. The second kappa shape index (κ2) is 6.80. The zero-order valence-corrected chi connectivity index (χ0v) is 14.9. The van der Waals surface area contributed by atoms with Crippen molar-refractivity contribution in [3.8, 4) is 6.07 Å². The van der Waals surface area contributed by atoms with Crippen LogP contribution in [0.3, 0.4) is 0 Å². The molecule has 132 valence electrons. The minimum absolute atomic E-state index is 0.149. The number of anilines is 1. The lowest BCUT2D eigenvalue weighted by molar-refractivity contribution is -0.133. The largest absolute Gasteiger partial charge is 0.353 e. The maximum Gasteiger partial charge on any atom is 0.226 e. The standard InChI is InChI=1S/C21H22N4O/c1-15-4-2-3-5-17(15)18-12-19(18)21(26)25-10-8-24(9-11-25)20-7-6-16(13-22)14-23-20/h2-7,14,18-19H,8-12H2,1H3/t18-,19-/m1/s1.